The second-order valence-corrected chi connectivity index (χ2v) is 4.97. The first kappa shape index (κ1) is 14.7. The molecule has 0 saturated heterocycles. The van der Waals surface area contributed by atoms with Crippen molar-refractivity contribution in [1.29, 1.82) is 0 Å². The predicted octanol–water partition coefficient (Wildman–Crippen LogP) is 2.19. The summed E-state index contributed by atoms with van der Waals surface area (Å²) in [5, 5.41) is 12.4. The summed E-state index contributed by atoms with van der Waals surface area (Å²) in [5.74, 6) is -2.53. The molecule has 0 amide bonds. The average Bonchev–Trinajstić information content (AvgIpc) is 3.17. The molecule has 0 heterocycles. The highest BCUT2D eigenvalue weighted by Crippen LogP contribution is 2.40. The number of nitrogens with one attached hydrogen (secondary N) is 1. The van der Waals surface area contributed by atoms with Crippen LogP contribution in [0.15, 0.2) is 18.2 Å². The molecule has 2 N–H and O–H groups in total. The molecule has 20 heavy (non-hydrogen) atoms. The van der Waals surface area contributed by atoms with Crippen LogP contribution in [0.5, 0.6) is 5.75 Å². The van der Waals surface area contributed by atoms with Crippen LogP contribution in [-0.2, 0) is 4.79 Å². The minimum atomic E-state index is -1.20. The summed E-state index contributed by atoms with van der Waals surface area (Å²) in [6, 6.07) is 2.81. The van der Waals surface area contributed by atoms with Gasteiger partial charge >= 0.3 is 5.97 Å². The number of hydrogen-bond donors (Lipinski definition) is 2. The van der Waals surface area contributed by atoms with Crippen LogP contribution in [0.3, 0.4) is 0 Å². The predicted molar refractivity (Wildman–Crippen MR) is 68.6 cm³/mol. The second kappa shape index (κ2) is 5.75. The largest absolute Gasteiger partial charge is 0.491 e. The molecule has 0 aromatic heterocycles. The lowest BCUT2D eigenvalue weighted by Gasteiger charge is -2.30. The molecule has 1 aliphatic carbocycles. The summed E-state index contributed by atoms with van der Waals surface area (Å²) in [5.41, 5.74) is -1.20. The molecule has 2 rings (SSSR count). The van der Waals surface area contributed by atoms with Crippen molar-refractivity contribution in [1.82, 2.24) is 5.32 Å². The third-order valence-electron chi connectivity index (χ3n) is 3.45. The number of rotatable bonds is 7. The molecular formula is C14H17F2NO3. The van der Waals surface area contributed by atoms with E-state index >= 15 is 0 Å². The van der Waals surface area contributed by atoms with E-state index in [2.05, 4.69) is 5.32 Å². The molecule has 0 aliphatic heterocycles. The number of carbonyl (C=O) groups is 1. The highest BCUT2D eigenvalue weighted by atomic mass is 19.1. The van der Waals surface area contributed by atoms with Crippen LogP contribution in [0.1, 0.15) is 19.8 Å². The maximum absolute atomic E-state index is 13.1. The van der Waals surface area contributed by atoms with Crippen molar-refractivity contribution < 1.29 is 23.4 Å². The zero-order chi connectivity index (χ0) is 14.8. The second-order valence-electron chi connectivity index (χ2n) is 4.97. The number of hydrogen-bond acceptors (Lipinski definition) is 3. The summed E-state index contributed by atoms with van der Waals surface area (Å²) in [6.07, 6.45) is 1.61. The van der Waals surface area contributed by atoms with E-state index in [1.54, 1.807) is 0 Å². The molecule has 0 radical (unpaired) electrons. The third-order valence-corrected chi connectivity index (χ3v) is 3.45. The van der Waals surface area contributed by atoms with Crippen LogP contribution in [0.4, 0.5) is 8.78 Å². The van der Waals surface area contributed by atoms with Crippen LogP contribution in [0.25, 0.3) is 0 Å². The van der Waals surface area contributed by atoms with E-state index in [4.69, 9.17) is 4.74 Å². The summed E-state index contributed by atoms with van der Waals surface area (Å²) in [6.45, 7) is 2.12. The molecule has 1 aromatic rings. The van der Waals surface area contributed by atoms with Crippen LogP contribution < -0.4 is 10.1 Å². The Morgan fingerprint density at radius 3 is 2.45 bits per heavy atom. The number of ether oxygens (including phenoxy) is 1. The first-order valence-corrected chi connectivity index (χ1v) is 6.55. The van der Waals surface area contributed by atoms with Gasteiger partial charge in [-0.05, 0) is 25.3 Å². The van der Waals surface area contributed by atoms with Crippen molar-refractivity contribution in [2.24, 2.45) is 5.92 Å². The van der Waals surface area contributed by atoms with Gasteiger partial charge in [-0.15, -0.1) is 0 Å². The molecule has 1 aliphatic rings. The van der Waals surface area contributed by atoms with Gasteiger partial charge in [0.1, 0.15) is 24.0 Å². The van der Waals surface area contributed by atoms with Crippen molar-refractivity contribution >= 4 is 5.97 Å². The average molecular weight is 285 g/mol. The topological polar surface area (TPSA) is 58.6 Å². The van der Waals surface area contributed by atoms with E-state index in [1.165, 1.54) is 0 Å². The molecule has 0 bridgehead atoms. The summed E-state index contributed by atoms with van der Waals surface area (Å²) >= 11 is 0. The maximum Gasteiger partial charge on any atom is 0.327 e. The molecule has 110 valence electrons. The highest BCUT2D eigenvalue weighted by molar-refractivity contribution is 5.80. The minimum Gasteiger partial charge on any atom is -0.491 e. The maximum atomic E-state index is 13.1. The van der Waals surface area contributed by atoms with E-state index in [1.807, 2.05) is 6.92 Å². The molecule has 1 saturated carbocycles. The first-order chi connectivity index (χ1) is 9.48. The van der Waals surface area contributed by atoms with Crippen molar-refractivity contribution in [3.8, 4) is 5.75 Å². The lowest BCUT2D eigenvalue weighted by Crippen LogP contribution is -2.58. The Kier molecular flexibility index (Phi) is 4.23. The molecule has 4 nitrogen and oxygen atoms in total. The lowest BCUT2D eigenvalue weighted by atomic mass is 9.94. The van der Waals surface area contributed by atoms with E-state index in [0.717, 1.165) is 31.0 Å². The van der Waals surface area contributed by atoms with Crippen LogP contribution in [0, 0.1) is 17.6 Å². The number of carboxylic acids is 1. The molecule has 0 spiro atoms. The molecular weight excluding hydrogens is 268 g/mol. The summed E-state index contributed by atoms with van der Waals surface area (Å²) in [4.78, 5) is 11.6. The van der Waals surface area contributed by atoms with Gasteiger partial charge in [0.05, 0.1) is 0 Å². The quantitative estimate of drug-likeness (QED) is 0.806. The smallest absolute Gasteiger partial charge is 0.327 e. The number of aliphatic carboxylic acids is 1. The normalized spacial score (nSPS) is 17.6. The van der Waals surface area contributed by atoms with Gasteiger partial charge in [0.25, 0.3) is 0 Å². The van der Waals surface area contributed by atoms with Gasteiger partial charge in [-0.1, -0.05) is 6.92 Å². The van der Waals surface area contributed by atoms with Gasteiger partial charge in [0, 0.05) is 18.2 Å². The Morgan fingerprint density at radius 2 is 2.00 bits per heavy atom. The molecule has 1 atom stereocenters. The van der Waals surface area contributed by atoms with Crippen LogP contribution >= 0.6 is 0 Å². The van der Waals surface area contributed by atoms with Crippen LogP contribution in [-0.4, -0.2) is 29.8 Å². The number of benzene rings is 1. The Morgan fingerprint density at radius 1 is 1.40 bits per heavy atom. The van der Waals surface area contributed by atoms with Crippen molar-refractivity contribution in [3.05, 3.63) is 29.8 Å². The van der Waals surface area contributed by atoms with E-state index in [-0.39, 0.29) is 18.3 Å². The Hall–Kier alpha value is -1.69. The van der Waals surface area contributed by atoms with Gasteiger partial charge < -0.3 is 9.84 Å². The third kappa shape index (κ3) is 3.07. The summed E-state index contributed by atoms with van der Waals surface area (Å²) < 4.78 is 31.5. The monoisotopic (exact) mass is 285 g/mol. The van der Waals surface area contributed by atoms with E-state index in [9.17, 15) is 18.7 Å². The zero-order valence-electron chi connectivity index (χ0n) is 11.2. The fourth-order valence-electron chi connectivity index (χ4n) is 2.33. The van der Waals surface area contributed by atoms with E-state index < -0.39 is 23.1 Å². The Labute approximate surface area is 115 Å². The van der Waals surface area contributed by atoms with Gasteiger partial charge in [0.2, 0.25) is 0 Å². The lowest BCUT2D eigenvalue weighted by molar-refractivity contribution is -0.147. The number of likely N-dealkylation sites (N-methyl/N-ethyl adjacent to an activating group) is 1. The fourth-order valence-corrected chi connectivity index (χ4v) is 2.33. The van der Waals surface area contributed by atoms with Crippen LogP contribution in [0.2, 0.25) is 0 Å². The minimum absolute atomic E-state index is 0.00771. The highest BCUT2D eigenvalue weighted by Gasteiger charge is 2.51. The Balaban J connectivity index is 2.14. The number of halogens is 2. The number of carboxylic acid groups (broad SMARTS) is 1. The van der Waals surface area contributed by atoms with Gasteiger partial charge in [-0.3, -0.25) is 10.1 Å². The molecule has 1 aromatic carbocycles. The van der Waals surface area contributed by atoms with Crippen molar-refractivity contribution in [2.75, 3.05) is 13.2 Å². The summed E-state index contributed by atoms with van der Waals surface area (Å²) in [7, 11) is 0. The van der Waals surface area contributed by atoms with Crippen molar-refractivity contribution in [2.45, 2.75) is 25.3 Å². The first-order valence-electron chi connectivity index (χ1n) is 6.55. The standard InChI is InChI=1S/C14H17F2NO3/c1-2-17-14(13(18)19,9-3-4-9)8-20-12-6-10(15)5-11(16)7-12/h5-7,9,17H,2-4,8H2,1H3,(H,18,19). The zero-order valence-corrected chi connectivity index (χ0v) is 11.2. The molecule has 1 fully saturated rings. The molecule has 6 heteroatoms. The van der Waals surface area contributed by atoms with Gasteiger partial charge in [0.15, 0.2) is 5.54 Å². The van der Waals surface area contributed by atoms with Gasteiger partial charge in [-0.2, -0.15) is 0 Å². The Bertz CT molecular complexity index is 485. The van der Waals surface area contributed by atoms with E-state index in [0.29, 0.717) is 6.54 Å². The van der Waals surface area contributed by atoms with Crippen molar-refractivity contribution in [3.63, 3.8) is 0 Å². The van der Waals surface area contributed by atoms with Gasteiger partial charge in [-0.25, -0.2) is 8.78 Å². The SMILES string of the molecule is CCNC(COc1cc(F)cc(F)c1)(C(=O)O)C1CC1. The fraction of sp³-hybridized carbons (Fsp3) is 0.500. The molecule has 1 unspecified atom stereocenters.